The number of hydrogen-bond donors (Lipinski definition) is 1. The zero-order valence-corrected chi connectivity index (χ0v) is 14.8. The Hall–Kier alpha value is -0.0400. The Balaban J connectivity index is 2.52. The van der Waals surface area contributed by atoms with E-state index in [1.54, 1.807) is 0 Å². The molecule has 1 nitrogen and oxygen atoms in total. The van der Waals surface area contributed by atoms with E-state index in [-0.39, 0.29) is 0 Å². The first-order chi connectivity index (χ1) is 9.56. The van der Waals surface area contributed by atoms with Crippen LogP contribution in [0.25, 0.3) is 0 Å². The lowest BCUT2D eigenvalue weighted by molar-refractivity contribution is 0.140. The second kappa shape index (κ2) is 9.82. The molecule has 4 unspecified atom stereocenters. The van der Waals surface area contributed by atoms with E-state index in [4.69, 9.17) is 0 Å². The molecule has 0 bridgehead atoms. The normalized spacial score (nSPS) is 28.8. The first-order valence-corrected chi connectivity index (χ1v) is 9.30. The van der Waals surface area contributed by atoms with Crippen LogP contribution in [0.4, 0.5) is 0 Å². The molecule has 0 spiro atoms. The third-order valence-corrected chi connectivity index (χ3v) is 5.22. The van der Waals surface area contributed by atoms with Crippen LogP contribution in [0, 0.1) is 23.7 Å². The van der Waals surface area contributed by atoms with Gasteiger partial charge in [-0.05, 0) is 49.5 Å². The quantitative estimate of drug-likeness (QED) is 0.576. The van der Waals surface area contributed by atoms with Gasteiger partial charge in [-0.25, -0.2) is 0 Å². The molecule has 0 aromatic carbocycles. The second-order valence-electron chi connectivity index (χ2n) is 7.68. The third kappa shape index (κ3) is 6.61. The highest BCUT2D eigenvalue weighted by Gasteiger charge is 2.30. The summed E-state index contributed by atoms with van der Waals surface area (Å²) in [4.78, 5) is 0. The van der Waals surface area contributed by atoms with Gasteiger partial charge in [0.25, 0.3) is 0 Å². The van der Waals surface area contributed by atoms with Crippen molar-refractivity contribution >= 4 is 0 Å². The van der Waals surface area contributed by atoms with Crippen LogP contribution in [0.15, 0.2) is 0 Å². The molecule has 120 valence electrons. The summed E-state index contributed by atoms with van der Waals surface area (Å²) in [6, 6.07) is 0.636. The highest BCUT2D eigenvalue weighted by atomic mass is 14.9. The van der Waals surface area contributed by atoms with Crippen molar-refractivity contribution in [3.63, 3.8) is 0 Å². The van der Waals surface area contributed by atoms with Gasteiger partial charge in [0.2, 0.25) is 0 Å². The maximum absolute atomic E-state index is 3.70. The molecule has 0 aromatic rings. The van der Waals surface area contributed by atoms with E-state index in [1.165, 1.54) is 57.9 Å². The van der Waals surface area contributed by atoms with Gasteiger partial charge in [0.1, 0.15) is 0 Å². The van der Waals surface area contributed by atoms with Crippen molar-refractivity contribution in [1.29, 1.82) is 0 Å². The molecule has 1 heteroatoms. The minimum Gasteiger partial charge on any atom is -0.314 e. The lowest BCUT2D eigenvalue weighted by atomic mass is 9.69. The Morgan fingerprint density at radius 1 is 1.00 bits per heavy atom. The zero-order valence-electron chi connectivity index (χ0n) is 14.8. The maximum atomic E-state index is 3.70. The Morgan fingerprint density at radius 3 is 2.35 bits per heavy atom. The molecule has 1 rings (SSSR count). The Labute approximate surface area is 128 Å². The SMILES string of the molecule is CCCC(C)CC1CC(CCC)CCC1CNC(C)C. The van der Waals surface area contributed by atoms with Gasteiger partial charge in [-0.3, -0.25) is 0 Å². The van der Waals surface area contributed by atoms with Crippen LogP contribution in [0.5, 0.6) is 0 Å². The molecule has 0 aliphatic heterocycles. The molecule has 1 fully saturated rings. The van der Waals surface area contributed by atoms with Gasteiger partial charge in [-0.15, -0.1) is 0 Å². The molecule has 20 heavy (non-hydrogen) atoms. The standard InChI is InChI=1S/C19H39N/c1-6-8-16(5)12-19-13-17(9-7-2)10-11-18(19)14-20-15(3)4/h15-20H,6-14H2,1-5H3. The second-order valence-corrected chi connectivity index (χ2v) is 7.68. The summed E-state index contributed by atoms with van der Waals surface area (Å²) in [5.41, 5.74) is 0. The predicted molar refractivity (Wildman–Crippen MR) is 91.1 cm³/mol. The summed E-state index contributed by atoms with van der Waals surface area (Å²) < 4.78 is 0. The summed E-state index contributed by atoms with van der Waals surface area (Å²) in [5.74, 6) is 3.86. The van der Waals surface area contributed by atoms with Crippen molar-refractivity contribution in [2.75, 3.05) is 6.54 Å². The molecular weight excluding hydrogens is 242 g/mol. The van der Waals surface area contributed by atoms with Gasteiger partial charge in [-0.2, -0.15) is 0 Å². The van der Waals surface area contributed by atoms with Crippen molar-refractivity contribution in [3.8, 4) is 0 Å². The molecule has 0 radical (unpaired) electrons. The average molecular weight is 282 g/mol. The number of nitrogens with one attached hydrogen (secondary N) is 1. The fourth-order valence-corrected chi connectivity index (χ4v) is 4.17. The summed E-state index contributed by atoms with van der Waals surface area (Å²) in [7, 11) is 0. The van der Waals surface area contributed by atoms with Crippen LogP contribution in [0.1, 0.15) is 86.0 Å². The molecule has 0 heterocycles. The van der Waals surface area contributed by atoms with Crippen molar-refractivity contribution in [3.05, 3.63) is 0 Å². The molecular formula is C19H39N. The van der Waals surface area contributed by atoms with Gasteiger partial charge < -0.3 is 5.32 Å². The zero-order chi connectivity index (χ0) is 15.0. The van der Waals surface area contributed by atoms with Gasteiger partial charge in [0.05, 0.1) is 0 Å². The van der Waals surface area contributed by atoms with E-state index < -0.39 is 0 Å². The molecule has 0 amide bonds. The lowest BCUT2D eigenvalue weighted by Gasteiger charge is -2.38. The molecule has 1 aliphatic rings. The third-order valence-electron chi connectivity index (χ3n) is 5.22. The minimum absolute atomic E-state index is 0.636. The van der Waals surface area contributed by atoms with Crippen LogP contribution in [-0.4, -0.2) is 12.6 Å². The first kappa shape index (κ1) is 18.0. The van der Waals surface area contributed by atoms with Crippen LogP contribution in [0.2, 0.25) is 0 Å². The van der Waals surface area contributed by atoms with Crippen molar-refractivity contribution in [2.24, 2.45) is 23.7 Å². The van der Waals surface area contributed by atoms with E-state index in [0.29, 0.717) is 6.04 Å². The van der Waals surface area contributed by atoms with Crippen LogP contribution >= 0.6 is 0 Å². The highest BCUT2D eigenvalue weighted by molar-refractivity contribution is 4.83. The summed E-state index contributed by atoms with van der Waals surface area (Å²) in [5, 5.41) is 3.70. The Bertz CT molecular complexity index is 234. The fourth-order valence-electron chi connectivity index (χ4n) is 4.17. The molecule has 1 N–H and O–H groups in total. The van der Waals surface area contributed by atoms with Gasteiger partial charge >= 0.3 is 0 Å². The van der Waals surface area contributed by atoms with Crippen molar-refractivity contribution in [1.82, 2.24) is 5.32 Å². The van der Waals surface area contributed by atoms with Gasteiger partial charge in [-0.1, -0.05) is 66.7 Å². The van der Waals surface area contributed by atoms with E-state index in [1.807, 2.05) is 0 Å². The highest BCUT2D eigenvalue weighted by Crippen LogP contribution is 2.39. The van der Waals surface area contributed by atoms with Crippen LogP contribution in [0.3, 0.4) is 0 Å². The molecule has 0 aromatic heterocycles. The van der Waals surface area contributed by atoms with E-state index >= 15 is 0 Å². The summed E-state index contributed by atoms with van der Waals surface area (Å²) in [6.07, 6.45) is 11.5. The summed E-state index contributed by atoms with van der Waals surface area (Å²) in [6.45, 7) is 12.9. The molecule has 0 saturated heterocycles. The van der Waals surface area contributed by atoms with Crippen LogP contribution in [-0.2, 0) is 0 Å². The monoisotopic (exact) mass is 281 g/mol. The van der Waals surface area contributed by atoms with Crippen molar-refractivity contribution < 1.29 is 0 Å². The molecule has 1 aliphatic carbocycles. The Kier molecular flexibility index (Phi) is 8.84. The van der Waals surface area contributed by atoms with Crippen LogP contribution < -0.4 is 5.32 Å². The number of hydrogen-bond acceptors (Lipinski definition) is 1. The fraction of sp³-hybridized carbons (Fsp3) is 1.00. The number of rotatable bonds is 9. The molecule has 4 atom stereocenters. The predicted octanol–water partition coefficient (Wildman–Crippen LogP) is 5.64. The Morgan fingerprint density at radius 2 is 1.75 bits per heavy atom. The summed E-state index contributed by atoms with van der Waals surface area (Å²) >= 11 is 0. The van der Waals surface area contributed by atoms with E-state index in [9.17, 15) is 0 Å². The molecule has 1 saturated carbocycles. The minimum atomic E-state index is 0.636. The largest absolute Gasteiger partial charge is 0.314 e. The average Bonchev–Trinajstić information content (AvgIpc) is 2.38. The van der Waals surface area contributed by atoms with Crippen molar-refractivity contribution in [2.45, 2.75) is 92.0 Å². The van der Waals surface area contributed by atoms with E-state index in [2.05, 4.69) is 39.9 Å². The lowest BCUT2D eigenvalue weighted by Crippen LogP contribution is -2.36. The topological polar surface area (TPSA) is 12.0 Å². The smallest absolute Gasteiger partial charge is 0.00104 e. The maximum Gasteiger partial charge on any atom is 0.00104 e. The van der Waals surface area contributed by atoms with Gasteiger partial charge in [0.15, 0.2) is 0 Å². The first-order valence-electron chi connectivity index (χ1n) is 9.30. The van der Waals surface area contributed by atoms with Gasteiger partial charge in [0, 0.05) is 6.04 Å². The van der Waals surface area contributed by atoms with E-state index in [0.717, 1.165) is 23.7 Å².